The third-order valence-electron chi connectivity index (χ3n) is 2.51. The van der Waals surface area contributed by atoms with Crippen molar-refractivity contribution in [3.63, 3.8) is 0 Å². The Bertz CT molecular complexity index is 460. The normalized spacial score (nSPS) is 9.79. The first kappa shape index (κ1) is 14.8. The Morgan fingerprint density at radius 2 is 1.89 bits per heavy atom. The van der Waals surface area contributed by atoms with Crippen LogP contribution in [0.1, 0.15) is 12.0 Å². The van der Waals surface area contributed by atoms with E-state index >= 15 is 0 Å². The van der Waals surface area contributed by atoms with Gasteiger partial charge in [0.1, 0.15) is 0 Å². The lowest BCUT2D eigenvalue weighted by atomic mass is 10.1. The first-order valence-corrected chi connectivity index (χ1v) is 5.82. The second-order valence-electron chi connectivity index (χ2n) is 3.93. The first-order chi connectivity index (χ1) is 9.06. The summed E-state index contributed by atoms with van der Waals surface area (Å²) in [6, 6.07) is 5.27. The van der Waals surface area contributed by atoms with E-state index in [1.165, 1.54) is 7.11 Å². The molecule has 0 radical (unpaired) electrons. The van der Waals surface area contributed by atoms with Crippen molar-refractivity contribution >= 4 is 11.8 Å². The van der Waals surface area contributed by atoms with Gasteiger partial charge in [0, 0.05) is 13.0 Å². The van der Waals surface area contributed by atoms with Crippen molar-refractivity contribution in [1.82, 2.24) is 5.32 Å². The van der Waals surface area contributed by atoms with Crippen molar-refractivity contribution in [2.45, 2.75) is 12.8 Å². The van der Waals surface area contributed by atoms with Crippen LogP contribution in [0.4, 0.5) is 0 Å². The van der Waals surface area contributed by atoms with Crippen LogP contribution in [-0.4, -0.2) is 32.6 Å². The molecule has 0 unspecified atom stereocenters. The summed E-state index contributed by atoms with van der Waals surface area (Å²) in [6.45, 7) is 0.251. The maximum absolute atomic E-state index is 11.6. The van der Waals surface area contributed by atoms with Gasteiger partial charge in [-0.15, -0.1) is 0 Å². The van der Waals surface area contributed by atoms with Gasteiger partial charge in [0.05, 0.1) is 20.6 Å². The molecule has 0 atom stereocenters. The van der Waals surface area contributed by atoms with Crippen molar-refractivity contribution in [2.75, 3.05) is 20.8 Å². The molecule has 3 N–H and O–H groups in total. The predicted octanol–water partition coefficient (Wildman–Crippen LogP) is 0.238. The molecule has 0 fully saturated rings. The van der Waals surface area contributed by atoms with Crippen LogP contribution in [0, 0.1) is 0 Å². The fourth-order valence-corrected chi connectivity index (χ4v) is 1.56. The number of methoxy groups -OCH3 is 2. The Morgan fingerprint density at radius 3 is 2.47 bits per heavy atom. The number of rotatable bonds is 7. The van der Waals surface area contributed by atoms with Gasteiger partial charge in [0.15, 0.2) is 11.5 Å². The number of primary amides is 1. The number of amides is 2. The van der Waals surface area contributed by atoms with E-state index in [0.29, 0.717) is 11.5 Å². The number of nitrogens with one attached hydrogen (secondary N) is 1. The first-order valence-electron chi connectivity index (χ1n) is 5.82. The van der Waals surface area contributed by atoms with Gasteiger partial charge in [0.2, 0.25) is 11.8 Å². The summed E-state index contributed by atoms with van der Waals surface area (Å²) in [5.74, 6) is 0.574. The van der Waals surface area contributed by atoms with Crippen molar-refractivity contribution in [2.24, 2.45) is 5.73 Å². The summed E-state index contributed by atoms with van der Waals surface area (Å²) < 4.78 is 10.3. The average molecular weight is 266 g/mol. The Hall–Kier alpha value is -2.24. The summed E-state index contributed by atoms with van der Waals surface area (Å²) in [4.78, 5) is 22.1. The number of benzene rings is 1. The van der Waals surface area contributed by atoms with E-state index in [1.807, 2.05) is 0 Å². The molecular formula is C13H18N2O4. The van der Waals surface area contributed by atoms with E-state index in [0.717, 1.165) is 5.56 Å². The zero-order valence-electron chi connectivity index (χ0n) is 11.1. The topological polar surface area (TPSA) is 90.6 Å². The molecule has 1 rings (SSSR count). The number of hydrogen-bond donors (Lipinski definition) is 2. The Kier molecular flexibility index (Phi) is 5.66. The van der Waals surface area contributed by atoms with Crippen LogP contribution in [0.15, 0.2) is 18.2 Å². The lowest BCUT2D eigenvalue weighted by Gasteiger charge is -2.09. The van der Waals surface area contributed by atoms with E-state index in [4.69, 9.17) is 15.2 Å². The van der Waals surface area contributed by atoms with Crippen LogP contribution in [0.3, 0.4) is 0 Å². The molecule has 104 valence electrons. The van der Waals surface area contributed by atoms with Crippen LogP contribution in [0.25, 0.3) is 0 Å². The molecule has 0 saturated carbocycles. The Balaban J connectivity index is 2.57. The molecule has 0 heterocycles. The predicted molar refractivity (Wildman–Crippen MR) is 70.1 cm³/mol. The van der Waals surface area contributed by atoms with Crippen LogP contribution in [-0.2, 0) is 16.0 Å². The highest BCUT2D eigenvalue weighted by Gasteiger charge is 2.08. The SMILES string of the molecule is COc1ccc(CC(=O)NCCC(N)=O)cc1OC. The average Bonchev–Trinajstić information content (AvgIpc) is 2.38. The summed E-state index contributed by atoms with van der Waals surface area (Å²) in [6.07, 6.45) is 0.344. The van der Waals surface area contributed by atoms with Crippen molar-refractivity contribution in [3.8, 4) is 11.5 Å². The molecule has 6 nitrogen and oxygen atoms in total. The number of carbonyl (C=O) groups is 2. The van der Waals surface area contributed by atoms with Gasteiger partial charge in [-0.2, -0.15) is 0 Å². The van der Waals surface area contributed by atoms with Gasteiger partial charge < -0.3 is 20.5 Å². The van der Waals surface area contributed by atoms with Crippen LogP contribution in [0.2, 0.25) is 0 Å². The van der Waals surface area contributed by atoms with Gasteiger partial charge >= 0.3 is 0 Å². The lowest BCUT2D eigenvalue weighted by molar-refractivity contribution is -0.120. The molecule has 1 aromatic carbocycles. The van der Waals surface area contributed by atoms with Crippen molar-refractivity contribution in [1.29, 1.82) is 0 Å². The third kappa shape index (κ3) is 4.87. The fraction of sp³-hybridized carbons (Fsp3) is 0.385. The molecular weight excluding hydrogens is 248 g/mol. The molecule has 19 heavy (non-hydrogen) atoms. The van der Waals surface area contributed by atoms with Crippen LogP contribution < -0.4 is 20.5 Å². The molecule has 0 aliphatic rings. The van der Waals surface area contributed by atoms with E-state index < -0.39 is 5.91 Å². The molecule has 2 amide bonds. The summed E-state index contributed by atoms with van der Waals surface area (Å²) >= 11 is 0. The zero-order valence-corrected chi connectivity index (χ0v) is 11.1. The van der Waals surface area contributed by atoms with Crippen molar-refractivity contribution in [3.05, 3.63) is 23.8 Å². The molecule has 0 spiro atoms. The molecule has 1 aromatic rings. The highest BCUT2D eigenvalue weighted by atomic mass is 16.5. The molecule has 0 saturated heterocycles. The standard InChI is InChI=1S/C13H18N2O4/c1-18-10-4-3-9(7-11(10)19-2)8-13(17)15-6-5-12(14)16/h3-4,7H,5-6,8H2,1-2H3,(H2,14,16)(H,15,17). The van der Waals surface area contributed by atoms with Gasteiger partial charge in [0.25, 0.3) is 0 Å². The second kappa shape index (κ2) is 7.25. The van der Waals surface area contributed by atoms with E-state index in [1.54, 1.807) is 25.3 Å². The Labute approximate surface area is 111 Å². The fourth-order valence-electron chi connectivity index (χ4n) is 1.56. The summed E-state index contributed by atoms with van der Waals surface area (Å²) in [7, 11) is 3.09. The van der Waals surface area contributed by atoms with Gasteiger partial charge in [-0.25, -0.2) is 0 Å². The monoisotopic (exact) mass is 266 g/mol. The lowest BCUT2D eigenvalue weighted by Crippen LogP contribution is -2.29. The third-order valence-corrected chi connectivity index (χ3v) is 2.51. The number of nitrogens with two attached hydrogens (primary N) is 1. The van der Waals surface area contributed by atoms with Crippen molar-refractivity contribution < 1.29 is 19.1 Å². The number of carbonyl (C=O) groups excluding carboxylic acids is 2. The quantitative estimate of drug-likeness (QED) is 0.739. The highest BCUT2D eigenvalue weighted by molar-refractivity contribution is 5.80. The number of hydrogen-bond acceptors (Lipinski definition) is 4. The minimum Gasteiger partial charge on any atom is -0.493 e. The van der Waals surface area contributed by atoms with E-state index in [2.05, 4.69) is 5.32 Å². The van der Waals surface area contributed by atoms with Gasteiger partial charge in [-0.05, 0) is 17.7 Å². The smallest absolute Gasteiger partial charge is 0.224 e. The molecule has 0 bridgehead atoms. The zero-order chi connectivity index (χ0) is 14.3. The summed E-state index contributed by atoms with van der Waals surface area (Å²) in [5.41, 5.74) is 5.78. The Morgan fingerprint density at radius 1 is 1.21 bits per heavy atom. The molecule has 6 heteroatoms. The van der Waals surface area contributed by atoms with Gasteiger partial charge in [-0.3, -0.25) is 9.59 Å². The molecule has 0 aliphatic heterocycles. The van der Waals surface area contributed by atoms with E-state index in [-0.39, 0.29) is 25.3 Å². The maximum Gasteiger partial charge on any atom is 0.224 e. The maximum atomic E-state index is 11.6. The molecule has 0 aliphatic carbocycles. The minimum absolute atomic E-state index is 0.137. The van der Waals surface area contributed by atoms with E-state index in [9.17, 15) is 9.59 Å². The summed E-state index contributed by atoms with van der Waals surface area (Å²) in [5, 5.41) is 2.62. The van der Waals surface area contributed by atoms with Crippen LogP contribution >= 0.6 is 0 Å². The number of ether oxygens (including phenoxy) is 2. The molecule has 0 aromatic heterocycles. The van der Waals surface area contributed by atoms with Crippen LogP contribution in [0.5, 0.6) is 11.5 Å². The largest absolute Gasteiger partial charge is 0.493 e. The highest BCUT2D eigenvalue weighted by Crippen LogP contribution is 2.27. The minimum atomic E-state index is -0.439. The second-order valence-corrected chi connectivity index (χ2v) is 3.93. The van der Waals surface area contributed by atoms with Gasteiger partial charge in [-0.1, -0.05) is 6.07 Å².